The third-order valence-electron chi connectivity index (χ3n) is 3.54. The van der Waals surface area contributed by atoms with Gasteiger partial charge in [0, 0.05) is 13.1 Å². The average molecular weight is 274 g/mol. The van der Waals surface area contributed by atoms with Crippen LogP contribution >= 0.6 is 11.6 Å². The minimum absolute atomic E-state index is 0.342. The van der Waals surface area contributed by atoms with Gasteiger partial charge in [0.25, 0.3) is 0 Å². The molecule has 0 N–H and O–H groups in total. The van der Waals surface area contributed by atoms with Gasteiger partial charge in [-0.25, -0.2) is 0 Å². The van der Waals surface area contributed by atoms with E-state index in [1.807, 2.05) is 6.07 Å². The van der Waals surface area contributed by atoms with Crippen molar-refractivity contribution in [2.75, 3.05) is 18.0 Å². The zero-order valence-corrected chi connectivity index (χ0v) is 11.9. The fraction of sp³-hybridized carbons (Fsp3) is 0.467. The number of halogens is 1. The fourth-order valence-corrected chi connectivity index (χ4v) is 3.13. The van der Waals surface area contributed by atoms with E-state index in [1.54, 1.807) is 12.1 Å². The molecule has 1 aliphatic heterocycles. The third kappa shape index (κ3) is 2.83. The lowest BCUT2D eigenvalue weighted by Gasteiger charge is -2.37. The predicted octanol–water partition coefficient (Wildman–Crippen LogP) is 3.57. The first-order chi connectivity index (χ1) is 9.05. The highest BCUT2D eigenvalue weighted by molar-refractivity contribution is 6.33. The van der Waals surface area contributed by atoms with Crippen LogP contribution in [0.25, 0.3) is 0 Å². The number of nitrogens with zero attached hydrogens (tertiary/aromatic N) is 3. The van der Waals surface area contributed by atoms with Crippen molar-refractivity contribution >= 4 is 17.3 Å². The molecule has 2 rings (SSSR count). The molecule has 1 saturated heterocycles. The second kappa shape index (κ2) is 5.51. The molecule has 1 aromatic rings. The second-order valence-electron chi connectivity index (χ2n) is 5.42. The van der Waals surface area contributed by atoms with Crippen LogP contribution in [0.4, 0.5) is 5.69 Å². The molecule has 1 fully saturated rings. The number of anilines is 1. The first kappa shape index (κ1) is 13.7. The molecular weight excluding hydrogens is 258 g/mol. The highest BCUT2D eigenvalue weighted by Crippen LogP contribution is 2.33. The van der Waals surface area contributed by atoms with Crippen LogP contribution in [0, 0.1) is 34.5 Å². The molecule has 2 atom stereocenters. The lowest BCUT2D eigenvalue weighted by atomic mass is 9.91. The monoisotopic (exact) mass is 273 g/mol. The Morgan fingerprint density at radius 1 is 1.11 bits per heavy atom. The third-order valence-corrected chi connectivity index (χ3v) is 3.84. The van der Waals surface area contributed by atoms with Gasteiger partial charge in [0.15, 0.2) is 0 Å². The number of nitriles is 2. The molecule has 98 valence electrons. The van der Waals surface area contributed by atoms with Crippen LogP contribution in [0.1, 0.15) is 31.4 Å². The summed E-state index contributed by atoms with van der Waals surface area (Å²) < 4.78 is 0. The normalized spacial score (nSPS) is 22.7. The lowest BCUT2D eigenvalue weighted by molar-refractivity contribution is 0.357. The quantitative estimate of drug-likeness (QED) is 0.786. The Balaban J connectivity index is 2.40. The molecule has 0 radical (unpaired) electrons. The SMILES string of the molecule is C[C@H]1C[C@H](C)CN(c2cc(C#N)c(C#N)cc2Cl)C1. The standard InChI is InChI=1S/C15H16ClN3/c1-10-3-11(2)9-19(8-10)15-5-13(7-18)12(6-17)4-14(15)16/h4-5,10-11H,3,8-9H2,1-2H3/t10-,11-/m0/s1. The van der Waals surface area contributed by atoms with Crippen LogP contribution in [0.2, 0.25) is 5.02 Å². The van der Waals surface area contributed by atoms with E-state index in [-0.39, 0.29) is 0 Å². The molecule has 0 aliphatic carbocycles. The summed E-state index contributed by atoms with van der Waals surface area (Å²) in [5.74, 6) is 1.22. The van der Waals surface area contributed by atoms with Crippen molar-refractivity contribution in [3.05, 3.63) is 28.3 Å². The maximum Gasteiger partial charge on any atom is 0.101 e. The van der Waals surface area contributed by atoms with Crippen molar-refractivity contribution in [2.45, 2.75) is 20.3 Å². The summed E-state index contributed by atoms with van der Waals surface area (Å²) in [4.78, 5) is 2.23. The number of rotatable bonds is 1. The van der Waals surface area contributed by atoms with Crippen LogP contribution < -0.4 is 4.90 Å². The number of benzene rings is 1. The number of hydrogen-bond acceptors (Lipinski definition) is 3. The average Bonchev–Trinajstić information content (AvgIpc) is 2.37. The van der Waals surface area contributed by atoms with Gasteiger partial charge >= 0.3 is 0 Å². The maximum atomic E-state index is 9.10. The summed E-state index contributed by atoms with van der Waals surface area (Å²) in [6.07, 6.45) is 1.22. The van der Waals surface area contributed by atoms with Gasteiger partial charge in [-0.3, -0.25) is 0 Å². The van der Waals surface area contributed by atoms with E-state index < -0.39 is 0 Å². The highest BCUT2D eigenvalue weighted by Gasteiger charge is 2.24. The maximum absolute atomic E-state index is 9.10. The summed E-state index contributed by atoms with van der Waals surface area (Å²) in [5, 5.41) is 18.6. The Hall–Kier alpha value is -1.71. The van der Waals surface area contributed by atoms with Gasteiger partial charge in [0.1, 0.15) is 12.1 Å². The molecule has 19 heavy (non-hydrogen) atoms. The van der Waals surface area contributed by atoms with E-state index in [0.717, 1.165) is 18.8 Å². The smallest absolute Gasteiger partial charge is 0.101 e. The van der Waals surface area contributed by atoms with Gasteiger partial charge in [0.2, 0.25) is 0 Å². The summed E-state index contributed by atoms with van der Waals surface area (Å²) in [6, 6.07) is 7.42. The van der Waals surface area contributed by atoms with Gasteiger partial charge in [0.05, 0.1) is 21.8 Å². The van der Waals surface area contributed by atoms with Gasteiger partial charge in [-0.2, -0.15) is 10.5 Å². The Morgan fingerprint density at radius 2 is 1.63 bits per heavy atom. The Labute approximate surface area is 119 Å². The fourth-order valence-electron chi connectivity index (χ4n) is 2.85. The molecule has 0 saturated carbocycles. The first-order valence-electron chi connectivity index (χ1n) is 6.43. The minimum Gasteiger partial charge on any atom is -0.370 e. The number of hydrogen-bond donors (Lipinski definition) is 0. The van der Waals surface area contributed by atoms with Gasteiger partial charge < -0.3 is 4.90 Å². The topological polar surface area (TPSA) is 50.8 Å². The molecule has 1 aliphatic rings. The van der Waals surface area contributed by atoms with Gasteiger partial charge in [-0.15, -0.1) is 0 Å². The highest BCUT2D eigenvalue weighted by atomic mass is 35.5. The van der Waals surface area contributed by atoms with Crippen LogP contribution in [0.15, 0.2) is 12.1 Å². The Bertz CT molecular complexity index is 558. The molecular formula is C15H16ClN3. The zero-order valence-electron chi connectivity index (χ0n) is 11.2. The van der Waals surface area contributed by atoms with Crippen molar-refractivity contribution in [3.8, 4) is 12.1 Å². The predicted molar refractivity (Wildman–Crippen MR) is 76.0 cm³/mol. The molecule has 3 nitrogen and oxygen atoms in total. The summed E-state index contributed by atoms with van der Waals surface area (Å²) in [6.45, 7) is 6.35. The summed E-state index contributed by atoms with van der Waals surface area (Å²) in [5.41, 5.74) is 1.61. The van der Waals surface area contributed by atoms with Crippen LogP contribution in [-0.2, 0) is 0 Å². The summed E-state index contributed by atoms with van der Waals surface area (Å²) in [7, 11) is 0. The largest absolute Gasteiger partial charge is 0.370 e. The zero-order chi connectivity index (χ0) is 14.0. The van der Waals surface area contributed by atoms with E-state index in [4.69, 9.17) is 22.1 Å². The Kier molecular flexibility index (Phi) is 3.98. The van der Waals surface area contributed by atoms with Gasteiger partial charge in [-0.05, 0) is 30.4 Å². The lowest BCUT2D eigenvalue weighted by Crippen LogP contribution is -2.38. The van der Waals surface area contributed by atoms with E-state index >= 15 is 0 Å². The molecule has 0 amide bonds. The van der Waals surface area contributed by atoms with Crippen molar-refractivity contribution in [2.24, 2.45) is 11.8 Å². The first-order valence-corrected chi connectivity index (χ1v) is 6.81. The van der Waals surface area contributed by atoms with Crippen LogP contribution in [-0.4, -0.2) is 13.1 Å². The van der Waals surface area contributed by atoms with E-state index in [2.05, 4.69) is 24.8 Å². The van der Waals surface area contributed by atoms with Crippen molar-refractivity contribution in [3.63, 3.8) is 0 Å². The summed E-state index contributed by atoms with van der Waals surface area (Å²) >= 11 is 6.26. The molecule has 1 heterocycles. The van der Waals surface area contributed by atoms with Crippen LogP contribution in [0.3, 0.4) is 0 Å². The second-order valence-corrected chi connectivity index (χ2v) is 5.83. The molecule has 0 unspecified atom stereocenters. The van der Waals surface area contributed by atoms with Crippen molar-refractivity contribution in [1.29, 1.82) is 10.5 Å². The van der Waals surface area contributed by atoms with Crippen molar-refractivity contribution < 1.29 is 0 Å². The Morgan fingerprint density at radius 3 is 2.16 bits per heavy atom. The molecule has 0 bridgehead atoms. The van der Waals surface area contributed by atoms with Crippen LogP contribution in [0.5, 0.6) is 0 Å². The number of piperidine rings is 1. The minimum atomic E-state index is 0.342. The van der Waals surface area contributed by atoms with Crippen molar-refractivity contribution in [1.82, 2.24) is 0 Å². The molecule has 0 spiro atoms. The molecule has 1 aromatic carbocycles. The molecule has 0 aromatic heterocycles. The van der Waals surface area contributed by atoms with Gasteiger partial charge in [-0.1, -0.05) is 25.4 Å². The van der Waals surface area contributed by atoms with E-state index in [1.165, 1.54) is 6.42 Å². The van der Waals surface area contributed by atoms with E-state index in [0.29, 0.717) is 28.0 Å². The molecule has 4 heteroatoms. The van der Waals surface area contributed by atoms with E-state index in [9.17, 15) is 0 Å².